The molecule has 0 amide bonds. The minimum absolute atomic E-state index is 0.114. The van der Waals surface area contributed by atoms with E-state index >= 15 is 0 Å². The van der Waals surface area contributed by atoms with Gasteiger partial charge in [-0.2, -0.15) is 13.2 Å². The van der Waals surface area contributed by atoms with E-state index in [0.29, 0.717) is 5.92 Å². The van der Waals surface area contributed by atoms with E-state index in [9.17, 15) is 18.0 Å². The highest BCUT2D eigenvalue weighted by Crippen LogP contribution is 2.69. The zero-order valence-electron chi connectivity index (χ0n) is 12.3. The zero-order chi connectivity index (χ0) is 14.8. The van der Waals surface area contributed by atoms with Gasteiger partial charge in [0, 0.05) is 11.8 Å². The summed E-state index contributed by atoms with van der Waals surface area (Å²) in [5.74, 6) is 0.437. The molecular formula is C16H23F3O. The molecule has 20 heavy (non-hydrogen) atoms. The first-order chi connectivity index (χ1) is 9.03. The molecule has 4 aliphatic rings. The van der Waals surface area contributed by atoms with Crippen LogP contribution in [0.25, 0.3) is 0 Å². The summed E-state index contributed by atoms with van der Waals surface area (Å²) in [7, 11) is 0. The Bertz CT molecular complexity index is 421. The summed E-state index contributed by atoms with van der Waals surface area (Å²) in [4.78, 5) is 12.5. The Morgan fingerprint density at radius 1 is 1.05 bits per heavy atom. The van der Waals surface area contributed by atoms with Gasteiger partial charge in [0.05, 0.1) is 6.42 Å². The number of halogens is 3. The molecule has 4 saturated carbocycles. The Morgan fingerprint density at radius 2 is 1.60 bits per heavy atom. The van der Waals surface area contributed by atoms with E-state index in [1.54, 1.807) is 0 Å². The van der Waals surface area contributed by atoms with Crippen molar-refractivity contribution in [3.05, 3.63) is 0 Å². The SMILES string of the molecule is CC12CC3CC(C)(C1)CC(C(=O)CCC(F)(F)F)(C3)C2. The summed E-state index contributed by atoms with van der Waals surface area (Å²) >= 11 is 0. The minimum Gasteiger partial charge on any atom is -0.299 e. The van der Waals surface area contributed by atoms with Gasteiger partial charge in [0.25, 0.3) is 0 Å². The van der Waals surface area contributed by atoms with Gasteiger partial charge in [-0.25, -0.2) is 0 Å². The van der Waals surface area contributed by atoms with Crippen LogP contribution in [0.5, 0.6) is 0 Å². The lowest BCUT2D eigenvalue weighted by Crippen LogP contribution is -2.57. The summed E-state index contributed by atoms with van der Waals surface area (Å²) in [6.07, 6.45) is 0.471. The molecule has 114 valence electrons. The van der Waals surface area contributed by atoms with Gasteiger partial charge in [0.2, 0.25) is 0 Å². The van der Waals surface area contributed by atoms with Gasteiger partial charge in [0.1, 0.15) is 5.78 Å². The number of carbonyl (C=O) groups is 1. The van der Waals surface area contributed by atoms with Crippen LogP contribution >= 0.6 is 0 Å². The van der Waals surface area contributed by atoms with Gasteiger partial charge in [-0.1, -0.05) is 13.8 Å². The summed E-state index contributed by atoms with van der Waals surface area (Å²) in [5, 5.41) is 0. The second-order valence-corrected chi connectivity index (χ2v) is 8.45. The van der Waals surface area contributed by atoms with Crippen molar-refractivity contribution in [1.82, 2.24) is 0 Å². The molecule has 0 N–H and O–H groups in total. The van der Waals surface area contributed by atoms with Gasteiger partial charge >= 0.3 is 6.18 Å². The van der Waals surface area contributed by atoms with Crippen molar-refractivity contribution < 1.29 is 18.0 Å². The highest BCUT2D eigenvalue weighted by atomic mass is 19.4. The average Bonchev–Trinajstić information content (AvgIpc) is 2.19. The molecule has 0 aromatic heterocycles. The van der Waals surface area contributed by atoms with Crippen molar-refractivity contribution in [2.75, 3.05) is 0 Å². The first-order valence-electron chi connectivity index (χ1n) is 7.63. The van der Waals surface area contributed by atoms with Crippen LogP contribution in [0.4, 0.5) is 13.2 Å². The fourth-order valence-electron chi connectivity index (χ4n) is 6.28. The van der Waals surface area contributed by atoms with Crippen LogP contribution in [-0.2, 0) is 4.79 Å². The smallest absolute Gasteiger partial charge is 0.299 e. The van der Waals surface area contributed by atoms with Crippen molar-refractivity contribution in [2.45, 2.75) is 71.4 Å². The minimum atomic E-state index is -4.22. The molecule has 2 unspecified atom stereocenters. The third-order valence-corrected chi connectivity index (χ3v) is 5.85. The molecule has 1 nitrogen and oxygen atoms in total. The molecule has 4 aliphatic carbocycles. The Balaban J connectivity index is 1.80. The Labute approximate surface area is 118 Å². The zero-order valence-corrected chi connectivity index (χ0v) is 12.3. The number of alkyl halides is 3. The van der Waals surface area contributed by atoms with Crippen LogP contribution in [0.15, 0.2) is 0 Å². The number of Topliss-reactive ketones (excluding diaryl/α,β-unsaturated/α-hetero) is 1. The molecule has 0 aliphatic heterocycles. The Hall–Kier alpha value is -0.540. The fourth-order valence-corrected chi connectivity index (χ4v) is 6.28. The number of carbonyl (C=O) groups excluding carboxylic acids is 1. The first-order valence-corrected chi connectivity index (χ1v) is 7.63. The molecule has 0 spiro atoms. The molecule has 4 heteroatoms. The number of ketones is 1. The molecule has 0 heterocycles. The van der Waals surface area contributed by atoms with Crippen LogP contribution in [0.3, 0.4) is 0 Å². The van der Waals surface area contributed by atoms with Gasteiger partial charge in [-0.15, -0.1) is 0 Å². The van der Waals surface area contributed by atoms with E-state index in [1.807, 2.05) is 0 Å². The highest BCUT2D eigenvalue weighted by Gasteiger charge is 2.62. The van der Waals surface area contributed by atoms with Crippen molar-refractivity contribution in [3.63, 3.8) is 0 Å². The van der Waals surface area contributed by atoms with Crippen LogP contribution in [0.1, 0.15) is 65.2 Å². The highest BCUT2D eigenvalue weighted by molar-refractivity contribution is 5.85. The summed E-state index contributed by atoms with van der Waals surface area (Å²) in [6, 6.07) is 0. The van der Waals surface area contributed by atoms with Crippen LogP contribution in [0, 0.1) is 22.2 Å². The van der Waals surface area contributed by atoms with Crippen molar-refractivity contribution in [3.8, 4) is 0 Å². The number of hydrogen-bond donors (Lipinski definition) is 0. The van der Waals surface area contributed by atoms with Gasteiger partial charge in [-0.05, 0) is 55.3 Å². The third kappa shape index (κ3) is 2.39. The van der Waals surface area contributed by atoms with Crippen LogP contribution in [-0.4, -0.2) is 12.0 Å². The summed E-state index contributed by atoms with van der Waals surface area (Å²) in [6.45, 7) is 4.48. The predicted molar refractivity (Wildman–Crippen MR) is 70.1 cm³/mol. The fraction of sp³-hybridized carbons (Fsp3) is 0.938. The van der Waals surface area contributed by atoms with Gasteiger partial charge in [0.15, 0.2) is 0 Å². The largest absolute Gasteiger partial charge is 0.389 e. The van der Waals surface area contributed by atoms with E-state index in [2.05, 4.69) is 13.8 Å². The lowest BCUT2D eigenvalue weighted by Gasteiger charge is -2.64. The molecule has 0 saturated heterocycles. The quantitative estimate of drug-likeness (QED) is 0.722. The van der Waals surface area contributed by atoms with Crippen LogP contribution in [0.2, 0.25) is 0 Å². The maximum Gasteiger partial charge on any atom is 0.389 e. The van der Waals surface area contributed by atoms with Crippen molar-refractivity contribution in [1.29, 1.82) is 0 Å². The first kappa shape index (κ1) is 14.4. The van der Waals surface area contributed by atoms with E-state index in [1.165, 1.54) is 0 Å². The molecule has 0 radical (unpaired) electrons. The van der Waals surface area contributed by atoms with E-state index in [4.69, 9.17) is 0 Å². The lowest BCUT2D eigenvalue weighted by atomic mass is 9.39. The Morgan fingerprint density at radius 3 is 2.05 bits per heavy atom. The molecule has 4 rings (SSSR count). The molecule has 4 bridgehead atoms. The van der Waals surface area contributed by atoms with E-state index < -0.39 is 18.0 Å². The maximum atomic E-state index is 12.5. The Kier molecular flexibility index (Phi) is 2.89. The summed E-state index contributed by atoms with van der Waals surface area (Å²) < 4.78 is 37.2. The molecular weight excluding hydrogens is 265 g/mol. The van der Waals surface area contributed by atoms with Gasteiger partial charge in [-0.3, -0.25) is 4.79 Å². The van der Waals surface area contributed by atoms with E-state index in [0.717, 1.165) is 38.5 Å². The second-order valence-electron chi connectivity index (χ2n) is 8.45. The second kappa shape index (κ2) is 4.01. The topological polar surface area (TPSA) is 17.1 Å². The predicted octanol–water partition coefficient (Wildman–Crippen LogP) is 4.89. The van der Waals surface area contributed by atoms with Crippen molar-refractivity contribution in [2.24, 2.45) is 22.2 Å². The lowest BCUT2D eigenvalue weighted by molar-refractivity contribution is -0.173. The molecule has 4 fully saturated rings. The molecule has 2 atom stereocenters. The molecule has 0 aromatic carbocycles. The standard InChI is InChI=1S/C16H23F3O/c1-13-5-11-6-14(2,8-13)10-15(7-11,9-13)12(20)3-4-16(17,18)19/h11H,3-10H2,1-2H3. The number of rotatable bonds is 3. The monoisotopic (exact) mass is 288 g/mol. The van der Waals surface area contributed by atoms with E-state index in [-0.39, 0.29) is 23.0 Å². The normalized spacial score (nSPS) is 46.8. The van der Waals surface area contributed by atoms with Gasteiger partial charge < -0.3 is 0 Å². The average molecular weight is 288 g/mol. The number of hydrogen-bond acceptors (Lipinski definition) is 1. The summed E-state index contributed by atoms with van der Waals surface area (Å²) in [5.41, 5.74) is -0.0711. The maximum absolute atomic E-state index is 12.5. The third-order valence-electron chi connectivity index (χ3n) is 5.85. The molecule has 0 aromatic rings. The van der Waals surface area contributed by atoms with Crippen molar-refractivity contribution >= 4 is 5.78 Å². The van der Waals surface area contributed by atoms with Crippen LogP contribution < -0.4 is 0 Å².